The molecule has 1 heterocycles. The maximum atomic E-state index is 12.9. The van der Waals surface area contributed by atoms with Crippen LogP contribution in [0.3, 0.4) is 0 Å². The van der Waals surface area contributed by atoms with Crippen molar-refractivity contribution in [3.05, 3.63) is 65.2 Å². The predicted octanol–water partition coefficient (Wildman–Crippen LogP) is 2.16. The molecule has 0 spiro atoms. The molecule has 0 bridgehead atoms. The number of rotatable bonds is 7. The zero-order chi connectivity index (χ0) is 22.6. The summed E-state index contributed by atoms with van der Waals surface area (Å²) < 4.78 is 25.9. The van der Waals surface area contributed by atoms with Crippen molar-refractivity contribution in [1.82, 2.24) is 9.21 Å². The summed E-state index contributed by atoms with van der Waals surface area (Å²) in [5, 5.41) is 2.76. The quantitative estimate of drug-likeness (QED) is 0.706. The third-order valence-corrected chi connectivity index (χ3v) is 6.67. The third kappa shape index (κ3) is 5.11. The van der Waals surface area contributed by atoms with Crippen LogP contribution >= 0.6 is 0 Å². The number of hydrogen-bond donors (Lipinski definition) is 1. The number of benzene rings is 2. The average Bonchev–Trinajstić information content (AvgIpc) is 2.72. The Kier molecular flexibility index (Phi) is 6.74. The molecule has 0 saturated heterocycles. The van der Waals surface area contributed by atoms with Crippen molar-refractivity contribution in [2.75, 3.05) is 25.0 Å². The van der Waals surface area contributed by atoms with Gasteiger partial charge in [-0.05, 0) is 36.6 Å². The number of aryl methyl sites for hydroxylation is 1. The number of hydrogen-bond acceptors (Lipinski definition) is 5. The highest BCUT2D eigenvalue weighted by Gasteiger charge is 2.37. The number of para-hydroxylation sites is 1. The van der Waals surface area contributed by atoms with Gasteiger partial charge in [0.25, 0.3) is 5.91 Å². The van der Waals surface area contributed by atoms with Crippen molar-refractivity contribution >= 4 is 33.4 Å². The monoisotopic (exact) mass is 443 g/mol. The molecule has 3 rings (SSSR count). The van der Waals surface area contributed by atoms with E-state index in [2.05, 4.69) is 5.32 Å². The number of carbonyl (C=O) groups is 3. The van der Waals surface area contributed by atoms with E-state index in [9.17, 15) is 22.8 Å². The Labute approximate surface area is 181 Å². The first-order chi connectivity index (χ1) is 14.7. The molecule has 31 heavy (non-hydrogen) atoms. The molecule has 1 aliphatic heterocycles. The fourth-order valence-corrected chi connectivity index (χ4v) is 4.88. The third-order valence-electron chi connectivity index (χ3n) is 5.03. The molecule has 0 aromatic heterocycles. The van der Waals surface area contributed by atoms with E-state index in [4.69, 9.17) is 0 Å². The van der Waals surface area contributed by atoms with Gasteiger partial charge in [0, 0.05) is 17.8 Å². The fraction of sp³-hybridized carbons (Fsp3) is 0.318. The fourth-order valence-electron chi connectivity index (χ4n) is 3.42. The van der Waals surface area contributed by atoms with Crippen molar-refractivity contribution in [2.24, 2.45) is 0 Å². The minimum Gasteiger partial charge on any atom is -0.332 e. The predicted molar refractivity (Wildman–Crippen MR) is 117 cm³/mol. The van der Waals surface area contributed by atoms with E-state index >= 15 is 0 Å². The molecule has 0 saturated carbocycles. The van der Waals surface area contributed by atoms with Gasteiger partial charge in [0.15, 0.2) is 0 Å². The van der Waals surface area contributed by atoms with Crippen molar-refractivity contribution in [3.63, 3.8) is 0 Å². The van der Waals surface area contributed by atoms with Gasteiger partial charge in [-0.3, -0.25) is 14.4 Å². The number of amides is 3. The van der Waals surface area contributed by atoms with Gasteiger partial charge in [0.2, 0.25) is 21.8 Å². The Bertz CT molecular complexity index is 1110. The van der Waals surface area contributed by atoms with Crippen LogP contribution in [0.2, 0.25) is 0 Å². The maximum absolute atomic E-state index is 12.9. The number of anilines is 1. The second-order valence-corrected chi connectivity index (χ2v) is 9.30. The van der Waals surface area contributed by atoms with E-state index in [0.717, 1.165) is 5.56 Å². The lowest BCUT2D eigenvalue weighted by molar-refractivity contribution is -0.134. The van der Waals surface area contributed by atoms with Crippen LogP contribution in [0, 0.1) is 6.92 Å². The zero-order valence-corrected chi connectivity index (χ0v) is 18.3. The number of sulfonamides is 1. The number of fused-ring (bicyclic) bond motifs is 1. The minimum atomic E-state index is -3.98. The molecule has 1 aliphatic rings. The smallest absolute Gasteiger partial charge is 0.268 e. The summed E-state index contributed by atoms with van der Waals surface area (Å²) in [6.45, 7) is 3.10. The largest absolute Gasteiger partial charge is 0.332 e. The van der Waals surface area contributed by atoms with Crippen LogP contribution in [0.15, 0.2) is 48.5 Å². The molecule has 0 unspecified atom stereocenters. The molecule has 0 aliphatic carbocycles. The number of carbonyl (C=O) groups excluding carboxylic acids is 3. The van der Waals surface area contributed by atoms with Crippen molar-refractivity contribution in [3.8, 4) is 0 Å². The lowest BCUT2D eigenvalue weighted by Crippen LogP contribution is -2.49. The summed E-state index contributed by atoms with van der Waals surface area (Å²) >= 11 is 0. The van der Waals surface area contributed by atoms with Gasteiger partial charge in [0.1, 0.15) is 6.54 Å². The van der Waals surface area contributed by atoms with E-state index < -0.39 is 34.3 Å². The van der Waals surface area contributed by atoms with Crippen molar-refractivity contribution < 1.29 is 22.8 Å². The molecule has 3 amide bonds. The molecular weight excluding hydrogens is 418 g/mol. The van der Waals surface area contributed by atoms with Crippen LogP contribution in [0.5, 0.6) is 0 Å². The van der Waals surface area contributed by atoms with E-state index in [0.29, 0.717) is 22.0 Å². The molecule has 0 atom stereocenters. The first kappa shape index (κ1) is 22.5. The highest BCUT2D eigenvalue weighted by atomic mass is 32.2. The molecule has 164 valence electrons. The van der Waals surface area contributed by atoms with Gasteiger partial charge in [-0.15, -0.1) is 0 Å². The van der Waals surface area contributed by atoms with Crippen LogP contribution in [0.25, 0.3) is 0 Å². The van der Waals surface area contributed by atoms with Gasteiger partial charge in [-0.25, -0.2) is 12.7 Å². The molecule has 0 radical (unpaired) electrons. The number of nitrogens with one attached hydrogen (secondary N) is 1. The second-order valence-electron chi connectivity index (χ2n) is 7.40. The minimum absolute atomic E-state index is 0.236. The molecule has 2 aromatic rings. The summed E-state index contributed by atoms with van der Waals surface area (Å²) in [6, 6.07) is 13.7. The molecule has 0 fully saturated rings. The normalized spacial score (nSPS) is 14.6. The van der Waals surface area contributed by atoms with Crippen LogP contribution in [0.4, 0.5) is 5.69 Å². The molecule has 1 N–H and O–H groups in total. The number of nitrogens with zero attached hydrogens (tertiary/aromatic N) is 2. The van der Waals surface area contributed by atoms with Crippen molar-refractivity contribution in [1.29, 1.82) is 0 Å². The zero-order valence-electron chi connectivity index (χ0n) is 17.5. The van der Waals surface area contributed by atoms with Gasteiger partial charge < -0.3 is 10.2 Å². The molecule has 2 aromatic carbocycles. The van der Waals surface area contributed by atoms with Crippen LogP contribution in [-0.4, -0.2) is 55.0 Å². The second kappa shape index (κ2) is 9.30. The Balaban J connectivity index is 1.73. The molecular formula is C22H25N3O5S. The van der Waals surface area contributed by atoms with Crippen LogP contribution < -0.4 is 5.32 Å². The SMILES string of the molecule is CCCN(CC(=O)Nc1ccccc1C)C(=O)CN1C(=O)c2ccccc2CS1(=O)=O. The van der Waals surface area contributed by atoms with Gasteiger partial charge in [-0.2, -0.15) is 0 Å². The Hall–Kier alpha value is -3.20. The summed E-state index contributed by atoms with van der Waals surface area (Å²) in [5.74, 6) is -2.06. The summed E-state index contributed by atoms with van der Waals surface area (Å²) in [6.07, 6.45) is 0.576. The van der Waals surface area contributed by atoms with E-state index in [1.165, 1.54) is 4.90 Å². The maximum Gasteiger partial charge on any atom is 0.268 e. The summed E-state index contributed by atoms with van der Waals surface area (Å²) in [7, 11) is -3.98. The van der Waals surface area contributed by atoms with Gasteiger partial charge in [-0.1, -0.05) is 43.3 Å². The van der Waals surface area contributed by atoms with Crippen LogP contribution in [0.1, 0.15) is 34.8 Å². The van der Waals surface area contributed by atoms with E-state index in [1.807, 2.05) is 26.0 Å². The average molecular weight is 444 g/mol. The lowest BCUT2D eigenvalue weighted by atomic mass is 10.1. The summed E-state index contributed by atoms with van der Waals surface area (Å²) in [4.78, 5) is 39.4. The van der Waals surface area contributed by atoms with Gasteiger partial charge >= 0.3 is 0 Å². The van der Waals surface area contributed by atoms with Crippen LogP contribution in [-0.2, 0) is 25.4 Å². The standard InChI is InChI=1S/C22H25N3O5S/c1-3-12-24(13-20(26)23-19-11-7-4-8-16(19)2)21(27)14-25-22(28)18-10-6-5-9-17(18)15-31(25,29)30/h4-11H,3,12-15H2,1-2H3,(H,23,26). The van der Waals surface area contributed by atoms with Gasteiger partial charge in [0.05, 0.1) is 12.3 Å². The Morgan fingerprint density at radius 1 is 1.10 bits per heavy atom. The molecule has 8 nitrogen and oxygen atoms in total. The lowest BCUT2D eigenvalue weighted by Gasteiger charge is -2.30. The van der Waals surface area contributed by atoms with E-state index in [-0.39, 0.29) is 24.4 Å². The summed E-state index contributed by atoms with van der Waals surface area (Å²) in [5.41, 5.74) is 2.21. The highest BCUT2D eigenvalue weighted by molar-refractivity contribution is 7.89. The topological polar surface area (TPSA) is 104 Å². The first-order valence-electron chi connectivity index (χ1n) is 9.99. The Morgan fingerprint density at radius 3 is 2.48 bits per heavy atom. The highest BCUT2D eigenvalue weighted by Crippen LogP contribution is 2.24. The van der Waals surface area contributed by atoms with Crippen molar-refractivity contribution in [2.45, 2.75) is 26.0 Å². The Morgan fingerprint density at radius 2 is 1.77 bits per heavy atom. The first-order valence-corrected chi connectivity index (χ1v) is 11.6. The molecule has 9 heteroatoms. The van der Waals surface area contributed by atoms with E-state index in [1.54, 1.807) is 36.4 Å².